The van der Waals surface area contributed by atoms with E-state index in [1.165, 1.54) is 23.9 Å². The Hall–Kier alpha value is -2.38. The van der Waals surface area contributed by atoms with Crippen LogP contribution in [0, 0.1) is 12.7 Å². The van der Waals surface area contributed by atoms with Crippen molar-refractivity contribution in [1.82, 2.24) is 19.7 Å². The van der Waals surface area contributed by atoms with Crippen LogP contribution in [0.2, 0.25) is 5.02 Å². The van der Waals surface area contributed by atoms with E-state index in [1.807, 2.05) is 38.1 Å². The number of carbonyl (C=O) groups excluding carboxylic acids is 1. The highest BCUT2D eigenvalue weighted by Crippen LogP contribution is 2.24. The van der Waals surface area contributed by atoms with Gasteiger partial charge in [-0.15, -0.1) is 10.2 Å². The fraction of sp³-hybridized carbons (Fsp3) is 0.250. The summed E-state index contributed by atoms with van der Waals surface area (Å²) in [5.74, 6) is -0.143. The quantitative estimate of drug-likeness (QED) is 0.530. The van der Waals surface area contributed by atoms with Gasteiger partial charge in [0.15, 0.2) is 5.16 Å². The minimum Gasteiger partial charge on any atom is -0.338 e. The van der Waals surface area contributed by atoms with E-state index in [4.69, 9.17) is 11.6 Å². The third-order valence-corrected chi connectivity index (χ3v) is 5.61. The number of benzene rings is 2. The molecule has 146 valence electrons. The maximum atomic E-state index is 13.4. The molecular formula is C20H20ClFN4OS. The average Bonchev–Trinajstić information content (AvgIpc) is 3.15. The molecule has 3 rings (SSSR count). The summed E-state index contributed by atoms with van der Waals surface area (Å²) in [5, 5.41) is 9.33. The van der Waals surface area contributed by atoms with Crippen LogP contribution in [0.4, 0.5) is 4.39 Å². The Morgan fingerprint density at radius 3 is 2.82 bits per heavy atom. The minimum atomic E-state index is -0.305. The van der Waals surface area contributed by atoms with E-state index in [2.05, 4.69) is 10.2 Å². The van der Waals surface area contributed by atoms with Crippen molar-refractivity contribution in [1.29, 1.82) is 0 Å². The molecule has 0 spiro atoms. The van der Waals surface area contributed by atoms with Crippen molar-refractivity contribution in [3.05, 3.63) is 70.8 Å². The molecule has 0 aliphatic carbocycles. The average molecular weight is 419 g/mol. The van der Waals surface area contributed by atoms with Gasteiger partial charge in [-0.05, 0) is 49.2 Å². The van der Waals surface area contributed by atoms with E-state index in [-0.39, 0.29) is 17.5 Å². The second-order valence-electron chi connectivity index (χ2n) is 6.24. The van der Waals surface area contributed by atoms with Crippen LogP contribution in [-0.2, 0) is 11.3 Å². The van der Waals surface area contributed by atoms with Gasteiger partial charge in [0.05, 0.1) is 11.4 Å². The third kappa shape index (κ3) is 4.91. The number of amides is 1. The number of hydrogen-bond donors (Lipinski definition) is 0. The molecule has 0 bridgehead atoms. The third-order valence-electron chi connectivity index (χ3n) is 4.27. The second-order valence-corrected chi connectivity index (χ2v) is 7.59. The number of nitrogens with zero attached hydrogens (tertiary/aromatic N) is 4. The fourth-order valence-corrected chi connectivity index (χ4v) is 3.69. The molecule has 1 amide bonds. The lowest BCUT2D eigenvalue weighted by molar-refractivity contribution is -0.128. The van der Waals surface area contributed by atoms with Crippen LogP contribution in [0.15, 0.2) is 53.9 Å². The van der Waals surface area contributed by atoms with Crippen LogP contribution >= 0.6 is 23.4 Å². The predicted molar refractivity (Wildman–Crippen MR) is 109 cm³/mol. The zero-order valence-corrected chi connectivity index (χ0v) is 17.2. The maximum Gasteiger partial charge on any atom is 0.233 e. The molecule has 0 unspecified atom stereocenters. The van der Waals surface area contributed by atoms with Gasteiger partial charge in [-0.25, -0.2) is 4.39 Å². The first kappa shape index (κ1) is 20.4. The SMILES string of the molecule is CCN(Cc1cccc(F)c1)C(=O)CSc1nncn1-c1ccc(C)c(Cl)c1. The number of rotatable bonds is 7. The molecule has 8 heteroatoms. The molecule has 1 heterocycles. The Bertz CT molecular complexity index is 978. The Balaban J connectivity index is 1.67. The minimum absolute atomic E-state index is 0.0479. The Labute approximate surface area is 172 Å². The summed E-state index contributed by atoms with van der Waals surface area (Å²) in [7, 11) is 0. The van der Waals surface area contributed by atoms with Crippen molar-refractivity contribution in [2.45, 2.75) is 25.5 Å². The highest BCUT2D eigenvalue weighted by atomic mass is 35.5. The lowest BCUT2D eigenvalue weighted by atomic mass is 10.2. The molecular weight excluding hydrogens is 399 g/mol. The van der Waals surface area contributed by atoms with E-state index in [9.17, 15) is 9.18 Å². The van der Waals surface area contributed by atoms with Crippen molar-refractivity contribution in [3.8, 4) is 5.69 Å². The summed E-state index contributed by atoms with van der Waals surface area (Å²) in [5.41, 5.74) is 2.58. The Kier molecular flexibility index (Phi) is 6.70. The van der Waals surface area contributed by atoms with Crippen molar-refractivity contribution >= 4 is 29.3 Å². The molecule has 0 aliphatic heterocycles. The van der Waals surface area contributed by atoms with Gasteiger partial charge in [0.2, 0.25) is 5.91 Å². The first-order valence-electron chi connectivity index (χ1n) is 8.79. The van der Waals surface area contributed by atoms with Gasteiger partial charge in [-0.2, -0.15) is 0 Å². The van der Waals surface area contributed by atoms with E-state index in [1.54, 1.807) is 21.9 Å². The number of aryl methyl sites for hydroxylation is 1. The molecule has 0 radical (unpaired) electrons. The first-order valence-corrected chi connectivity index (χ1v) is 10.2. The Morgan fingerprint density at radius 1 is 1.29 bits per heavy atom. The monoisotopic (exact) mass is 418 g/mol. The summed E-state index contributed by atoms with van der Waals surface area (Å²) in [4.78, 5) is 14.3. The topological polar surface area (TPSA) is 51.0 Å². The van der Waals surface area contributed by atoms with Gasteiger partial charge in [-0.3, -0.25) is 9.36 Å². The molecule has 0 saturated heterocycles. The van der Waals surface area contributed by atoms with Crippen LogP contribution < -0.4 is 0 Å². The smallest absolute Gasteiger partial charge is 0.233 e. The lowest BCUT2D eigenvalue weighted by Crippen LogP contribution is -2.31. The van der Waals surface area contributed by atoms with E-state index < -0.39 is 0 Å². The summed E-state index contributed by atoms with van der Waals surface area (Å²) in [6, 6.07) is 12.0. The highest BCUT2D eigenvalue weighted by molar-refractivity contribution is 7.99. The van der Waals surface area contributed by atoms with Gasteiger partial charge < -0.3 is 4.90 Å². The molecule has 0 atom stereocenters. The fourth-order valence-electron chi connectivity index (χ4n) is 2.68. The predicted octanol–water partition coefficient (Wildman–Crippen LogP) is 4.51. The lowest BCUT2D eigenvalue weighted by Gasteiger charge is -2.21. The normalized spacial score (nSPS) is 10.9. The van der Waals surface area contributed by atoms with Crippen LogP contribution in [0.1, 0.15) is 18.1 Å². The summed E-state index contributed by atoms with van der Waals surface area (Å²) in [6.07, 6.45) is 1.60. The first-order chi connectivity index (χ1) is 13.5. The van der Waals surface area contributed by atoms with Crippen LogP contribution in [-0.4, -0.2) is 37.9 Å². The van der Waals surface area contributed by atoms with Crippen molar-refractivity contribution < 1.29 is 9.18 Å². The number of hydrogen-bond acceptors (Lipinski definition) is 4. The summed E-state index contributed by atoms with van der Waals surface area (Å²) < 4.78 is 15.2. The summed E-state index contributed by atoms with van der Waals surface area (Å²) in [6.45, 7) is 4.74. The van der Waals surface area contributed by atoms with Crippen LogP contribution in [0.25, 0.3) is 5.69 Å². The Morgan fingerprint density at radius 2 is 2.11 bits per heavy atom. The molecule has 0 fully saturated rings. The molecule has 28 heavy (non-hydrogen) atoms. The van der Waals surface area contributed by atoms with Crippen molar-refractivity contribution in [2.75, 3.05) is 12.3 Å². The van der Waals surface area contributed by atoms with E-state index in [0.717, 1.165) is 16.8 Å². The molecule has 1 aromatic heterocycles. The summed E-state index contributed by atoms with van der Waals surface area (Å²) >= 11 is 7.52. The standard InChI is InChI=1S/C20H20ClFN4OS/c1-3-25(11-15-5-4-6-16(22)9-15)19(27)12-28-20-24-23-13-26(20)17-8-7-14(2)18(21)10-17/h4-10,13H,3,11-12H2,1-2H3. The number of halogens is 2. The second kappa shape index (κ2) is 9.21. The van der Waals surface area contributed by atoms with Crippen LogP contribution in [0.5, 0.6) is 0 Å². The zero-order chi connectivity index (χ0) is 20.1. The molecule has 3 aromatic rings. The van der Waals surface area contributed by atoms with Gasteiger partial charge in [-0.1, -0.05) is 41.6 Å². The number of carbonyl (C=O) groups is 1. The van der Waals surface area contributed by atoms with Gasteiger partial charge in [0, 0.05) is 18.1 Å². The van der Waals surface area contributed by atoms with Gasteiger partial charge in [0.1, 0.15) is 12.1 Å². The zero-order valence-electron chi connectivity index (χ0n) is 15.6. The van der Waals surface area contributed by atoms with Gasteiger partial charge >= 0.3 is 0 Å². The van der Waals surface area contributed by atoms with Crippen molar-refractivity contribution in [2.24, 2.45) is 0 Å². The molecule has 2 aromatic carbocycles. The number of thioether (sulfide) groups is 1. The molecule has 0 aliphatic rings. The van der Waals surface area contributed by atoms with E-state index >= 15 is 0 Å². The van der Waals surface area contributed by atoms with E-state index in [0.29, 0.717) is 23.3 Å². The number of aromatic nitrogens is 3. The van der Waals surface area contributed by atoms with Gasteiger partial charge in [0.25, 0.3) is 0 Å². The molecule has 5 nitrogen and oxygen atoms in total. The highest BCUT2D eigenvalue weighted by Gasteiger charge is 2.16. The van der Waals surface area contributed by atoms with Crippen molar-refractivity contribution in [3.63, 3.8) is 0 Å². The molecule has 0 N–H and O–H groups in total. The largest absolute Gasteiger partial charge is 0.338 e. The maximum absolute atomic E-state index is 13.4. The van der Waals surface area contributed by atoms with Crippen LogP contribution in [0.3, 0.4) is 0 Å². The molecule has 0 saturated carbocycles.